The van der Waals surface area contributed by atoms with E-state index in [-0.39, 0.29) is 35.3 Å². The molecule has 4 rings (SSSR count). The van der Waals surface area contributed by atoms with E-state index in [4.69, 9.17) is 4.74 Å². The monoisotopic (exact) mass is 554 g/mol. The van der Waals surface area contributed by atoms with Crippen molar-refractivity contribution in [1.82, 2.24) is 15.5 Å². The maximum Gasteiger partial charge on any atom is 0.222 e. The van der Waals surface area contributed by atoms with Crippen molar-refractivity contribution in [2.24, 2.45) is 10.4 Å². The number of nitrogens with zero attached hydrogens (tertiary/aromatic N) is 2. The van der Waals surface area contributed by atoms with Crippen LogP contribution in [0.15, 0.2) is 29.3 Å². The van der Waals surface area contributed by atoms with Crippen molar-refractivity contribution in [1.29, 1.82) is 0 Å². The van der Waals surface area contributed by atoms with Gasteiger partial charge in [0.15, 0.2) is 5.96 Å². The van der Waals surface area contributed by atoms with Crippen molar-refractivity contribution in [2.75, 3.05) is 20.2 Å². The molecule has 0 aromatic heterocycles. The van der Waals surface area contributed by atoms with Crippen LogP contribution >= 0.6 is 24.0 Å². The molecule has 2 unspecified atom stereocenters. The molecule has 0 radical (unpaired) electrons. The van der Waals surface area contributed by atoms with E-state index < -0.39 is 0 Å². The number of nitrogens with one attached hydrogen (secondary N) is 2. The number of ether oxygens (including phenoxy) is 1. The summed E-state index contributed by atoms with van der Waals surface area (Å²) in [4.78, 5) is 18.4. The Morgan fingerprint density at radius 1 is 1.22 bits per heavy atom. The molecule has 1 aromatic rings. The first-order valence-corrected chi connectivity index (χ1v) is 12.1. The minimum atomic E-state index is 0. The first-order valence-electron chi connectivity index (χ1n) is 12.1. The number of hydrogen-bond donors (Lipinski definition) is 2. The molecule has 2 atom stereocenters. The molecule has 32 heavy (non-hydrogen) atoms. The molecule has 1 aliphatic heterocycles. The molecule has 2 saturated carbocycles. The first kappa shape index (κ1) is 25.3. The van der Waals surface area contributed by atoms with Crippen LogP contribution < -0.4 is 10.6 Å². The summed E-state index contributed by atoms with van der Waals surface area (Å²) in [5, 5.41) is 7.21. The second-order valence-corrected chi connectivity index (χ2v) is 9.33. The van der Waals surface area contributed by atoms with Crippen LogP contribution in [0.4, 0.5) is 0 Å². The number of benzene rings is 1. The number of amides is 1. The Labute approximate surface area is 210 Å². The molecule has 2 N–H and O–H groups in total. The molecule has 6 nitrogen and oxygen atoms in total. The van der Waals surface area contributed by atoms with Gasteiger partial charge in [-0.3, -0.25) is 9.79 Å². The number of aliphatic imine (C=N–C) groups is 1. The van der Waals surface area contributed by atoms with Gasteiger partial charge in [-0.15, -0.1) is 24.0 Å². The Hall–Kier alpha value is -1.35. The Kier molecular flexibility index (Phi) is 9.22. The van der Waals surface area contributed by atoms with Crippen LogP contribution in [0.5, 0.6) is 0 Å². The van der Waals surface area contributed by atoms with Crippen LogP contribution in [0.25, 0.3) is 0 Å². The fraction of sp³-hybridized carbons (Fsp3) is 0.680. The van der Waals surface area contributed by atoms with E-state index in [1.807, 2.05) is 11.9 Å². The number of halogens is 1. The zero-order chi connectivity index (χ0) is 21.7. The zero-order valence-corrected chi connectivity index (χ0v) is 21.9. The number of hydrogen-bond acceptors (Lipinski definition) is 3. The van der Waals surface area contributed by atoms with Gasteiger partial charge in [0, 0.05) is 51.2 Å². The van der Waals surface area contributed by atoms with Gasteiger partial charge in [0.25, 0.3) is 0 Å². The van der Waals surface area contributed by atoms with Crippen LogP contribution in [0, 0.1) is 5.41 Å². The lowest BCUT2D eigenvalue weighted by Gasteiger charge is -2.57. The molecule has 3 aliphatic rings. The molecule has 178 valence electrons. The standard InChI is InChI=1S/C25H38N4O2.HI/c1-3-31-22-16-21(25(22)12-5-4-6-13-25)28-24(26-2)27-17-19-9-7-10-20(15-19)18-29-14-8-11-23(29)30;/h7,9-10,15,21-22H,3-6,8,11-14,16-18H2,1-2H3,(H2,26,27,28);1H. The van der Waals surface area contributed by atoms with Crippen molar-refractivity contribution in [2.45, 2.75) is 83.5 Å². The SMILES string of the molecule is CCOC1CC(NC(=NC)NCc2cccc(CN3CCCC3=O)c2)C12CCCCC2.I. The van der Waals surface area contributed by atoms with Crippen LogP contribution in [0.3, 0.4) is 0 Å². The quantitative estimate of drug-likeness (QED) is 0.301. The summed E-state index contributed by atoms with van der Waals surface area (Å²) in [6.45, 7) is 5.21. The largest absolute Gasteiger partial charge is 0.378 e. The lowest BCUT2D eigenvalue weighted by molar-refractivity contribution is -0.145. The normalized spacial score (nSPS) is 24.8. The summed E-state index contributed by atoms with van der Waals surface area (Å²) in [6, 6.07) is 8.95. The van der Waals surface area contributed by atoms with Gasteiger partial charge in [0.2, 0.25) is 5.91 Å². The second-order valence-electron chi connectivity index (χ2n) is 9.33. The average Bonchev–Trinajstić information content (AvgIpc) is 3.20. The second kappa shape index (κ2) is 11.7. The van der Waals surface area contributed by atoms with E-state index in [2.05, 4.69) is 46.8 Å². The highest BCUT2D eigenvalue weighted by molar-refractivity contribution is 14.0. The van der Waals surface area contributed by atoms with Gasteiger partial charge in [-0.1, -0.05) is 43.5 Å². The topological polar surface area (TPSA) is 66.0 Å². The van der Waals surface area contributed by atoms with Crippen molar-refractivity contribution < 1.29 is 9.53 Å². The summed E-state index contributed by atoms with van der Waals surface area (Å²) in [5.74, 6) is 1.14. The van der Waals surface area contributed by atoms with Gasteiger partial charge in [-0.2, -0.15) is 0 Å². The van der Waals surface area contributed by atoms with E-state index in [0.29, 0.717) is 25.1 Å². The maximum atomic E-state index is 11.9. The number of likely N-dealkylation sites (tertiary alicyclic amines) is 1. The summed E-state index contributed by atoms with van der Waals surface area (Å²) in [5.41, 5.74) is 2.67. The molecule has 0 bridgehead atoms. The summed E-state index contributed by atoms with van der Waals surface area (Å²) in [7, 11) is 1.84. The molecule has 1 heterocycles. The van der Waals surface area contributed by atoms with Crippen molar-refractivity contribution in [3.8, 4) is 0 Å². The number of rotatable bonds is 7. The van der Waals surface area contributed by atoms with E-state index >= 15 is 0 Å². The predicted molar refractivity (Wildman–Crippen MR) is 139 cm³/mol. The zero-order valence-electron chi connectivity index (χ0n) is 19.6. The van der Waals surface area contributed by atoms with E-state index in [1.54, 1.807) is 0 Å². The lowest BCUT2D eigenvalue weighted by atomic mass is 9.55. The molecule has 2 aliphatic carbocycles. The van der Waals surface area contributed by atoms with Crippen LogP contribution in [-0.4, -0.2) is 49.1 Å². The molecular weight excluding hydrogens is 515 g/mol. The highest BCUT2D eigenvalue weighted by Gasteiger charge is 2.55. The van der Waals surface area contributed by atoms with Crippen molar-refractivity contribution in [3.63, 3.8) is 0 Å². The molecule has 1 saturated heterocycles. The van der Waals surface area contributed by atoms with Gasteiger partial charge >= 0.3 is 0 Å². The smallest absolute Gasteiger partial charge is 0.222 e. The Morgan fingerprint density at radius 2 is 2.00 bits per heavy atom. The third kappa shape index (κ3) is 5.58. The van der Waals surface area contributed by atoms with Crippen molar-refractivity contribution >= 4 is 35.8 Å². The van der Waals surface area contributed by atoms with Gasteiger partial charge < -0.3 is 20.3 Å². The molecule has 1 amide bonds. The van der Waals surface area contributed by atoms with Crippen LogP contribution in [0.1, 0.15) is 69.4 Å². The summed E-state index contributed by atoms with van der Waals surface area (Å²) in [6.07, 6.45) is 9.59. The van der Waals surface area contributed by atoms with E-state index in [0.717, 1.165) is 38.5 Å². The number of carbonyl (C=O) groups excluding carboxylic acids is 1. The Balaban J connectivity index is 0.00000289. The summed E-state index contributed by atoms with van der Waals surface area (Å²) < 4.78 is 6.09. The van der Waals surface area contributed by atoms with E-state index in [9.17, 15) is 4.79 Å². The van der Waals surface area contributed by atoms with Crippen LogP contribution in [-0.2, 0) is 22.6 Å². The number of guanidine groups is 1. The van der Waals surface area contributed by atoms with Crippen LogP contribution in [0.2, 0.25) is 0 Å². The Morgan fingerprint density at radius 3 is 2.69 bits per heavy atom. The summed E-state index contributed by atoms with van der Waals surface area (Å²) >= 11 is 0. The highest BCUT2D eigenvalue weighted by Crippen LogP contribution is 2.53. The predicted octanol–water partition coefficient (Wildman–Crippen LogP) is 4.22. The maximum absolute atomic E-state index is 11.9. The van der Waals surface area contributed by atoms with Gasteiger partial charge in [0.05, 0.1) is 6.10 Å². The van der Waals surface area contributed by atoms with Crippen molar-refractivity contribution in [3.05, 3.63) is 35.4 Å². The molecule has 1 spiro atoms. The minimum Gasteiger partial charge on any atom is -0.378 e. The first-order chi connectivity index (χ1) is 15.1. The molecular formula is C25H39IN4O2. The van der Waals surface area contributed by atoms with Gasteiger partial charge in [-0.05, 0) is 43.7 Å². The molecule has 1 aromatic carbocycles. The molecule has 7 heteroatoms. The highest BCUT2D eigenvalue weighted by atomic mass is 127. The van der Waals surface area contributed by atoms with Gasteiger partial charge in [0.1, 0.15) is 0 Å². The average molecular weight is 555 g/mol. The third-order valence-corrected chi connectivity index (χ3v) is 7.47. The van der Waals surface area contributed by atoms with Gasteiger partial charge in [-0.25, -0.2) is 0 Å². The van der Waals surface area contributed by atoms with E-state index in [1.165, 1.54) is 43.2 Å². The third-order valence-electron chi connectivity index (χ3n) is 7.47. The molecule has 3 fully saturated rings. The minimum absolute atomic E-state index is 0. The Bertz CT molecular complexity index is 794. The number of carbonyl (C=O) groups is 1. The fourth-order valence-corrected chi connectivity index (χ4v) is 5.74. The fourth-order valence-electron chi connectivity index (χ4n) is 5.74. The lowest BCUT2D eigenvalue weighted by Crippen LogP contribution is -2.66.